The van der Waals surface area contributed by atoms with Gasteiger partial charge in [0.25, 0.3) is 5.91 Å². The SMILES string of the molecule is CCC(C)CNC(C)C(NC(=O)c1cccc(C(F)(F)F)c1Cl)c1cccc(-c2cnn(C)c2)c1. The van der Waals surface area contributed by atoms with Gasteiger partial charge in [-0.15, -0.1) is 0 Å². The number of alkyl halides is 3. The fourth-order valence-electron chi connectivity index (χ4n) is 3.77. The summed E-state index contributed by atoms with van der Waals surface area (Å²) >= 11 is 6.02. The van der Waals surface area contributed by atoms with Crippen LogP contribution in [0.15, 0.2) is 54.9 Å². The van der Waals surface area contributed by atoms with Crippen LogP contribution in [0, 0.1) is 5.92 Å². The summed E-state index contributed by atoms with van der Waals surface area (Å²) in [5.41, 5.74) is 1.39. The Morgan fingerprint density at radius 2 is 1.86 bits per heavy atom. The van der Waals surface area contributed by atoms with Gasteiger partial charge in [-0.05, 0) is 48.7 Å². The normalized spacial score (nSPS) is 14.4. The molecule has 0 fully saturated rings. The molecule has 0 bridgehead atoms. The van der Waals surface area contributed by atoms with Crippen LogP contribution in [-0.4, -0.2) is 28.3 Å². The highest BCUT2D eigenvalue weighted by Gasteiger charge is 2.35. The number of aromatic nitrogens is 2. The lowest BCUT2D eigenvalue weighted by molar-refractivity contribution is -0.137. The van der Waals surface area contributed by atoms with Crippen LogP contribution in [-0.2, 0) is 13.2 Å². The second-order valence-corrected chi connectivity index (χ2v) is 9.23. The molecule has 0 radical (unpaired) electrons. The van der Waals surface area contributed by atoms with Crippen molar-refractivity contribution in [1.29, 1.82) is 0 Å². The Balaban J connectivity index is 1.95. The van der Waals surface area contributed by atoms with Crippen molar-refractivity contribution in [3.05, 3.63) is 76.6 Å². The van der Waals surface area contributed by atoms with E-state index in [1.54, 1.807) is 10.9 Å². The largest absolute Gasteiger partial charge is 0.417 e. The third kappa shape index (κ3) is 6.64. The molecule has 1 amide bonds. The molecule has 3 aromatic rings. The number of amides is 1. The molecule has 0 saturated heterocycles. The number of carbonyl (C=O) groups excluding carboxylic acids is 1. The van der Waals surface area contributed by atoms with Gasteiger partial charge in [0, 0.05) is 24.8 Å². The van der Waals surface area contributed by atoms with E-state index in [0.717, 1.165) is 35.7 Å². The van der Waals surface area contributed by atoms with Gasteiger partial charge in [-0.2, -0.15) is 18.3 Å². The standard InChI is InChI=1S/C26H30ClF3N4O/c1-5-16(2)13-31-17(3)24(19-9-6-8-18(12-19)20-14-32-34(4)15-20)33-25(35)21-10-7-11-22(23(21)27)26(28,29)30/h6-12,14-17,24,31H,5,13H2,1-4H3,(H,33,35). The number of nitrogens with zero attached hydrogens (tertiary/aromatic N) is 2. The first-order valence-corrected chi connectivity index (χ1v) is 11.9. The molecule has 3 unspecified atom stereocenters. The molecule has 1 aromatic heterocycles. The number of benzene rings is 2. The Bertz CT molecular complexity index is 1160. The van der Waals surface area contributed by atoms with E-state index in [9.17, 15) is 18.0 Å². The maximum absolute atomic E-state index is 13.3. The van der Waals surface area contributed by atoms with Crippen LogP contribution in [0.2, 0.25) is 5.02 Å². The number of hydrogen-bond donors (Lipinski definition) is 2. The molecule has 0 spiro atoms. The summed E-state index contributed by atoms with van der Waals surface area (Å²) in [7, 11) is 1.83. The van der Waals surface area contributed by atoms with Gasteiger partial charge in [-0.1, -0.05) is 56.1 Å². The van der Waals surface area contributed by atoms with E-state index in [0.29, 0.717) is 5.92 Å². The zero-order valence-corrected chi connectivity index (χ0v) is 20.9. The highest BCUT2D eigenvalue weighted by molar-refractivity contribution is 6.34. The summed E-state index contributed by atoms with van der Waals surface area (Å²) in [6.45, 7) is 6.90. The van der Waals surface area contributed by atoms with Gasteiger partial charge >= 0.3 is 6.18 Å². The topological polar surface area (TPSA) is 58.9 Å². The summed E-state index contributed by atoms with van der Waals surface area (Å²) in [5, 5.41) is 9.98. The summed E-state index contributed by atoms with van der Waals surface area (Å²) in [5.74, 6) is -0.247. The van der Waals surface area contributed by atoms with Gasteiger partial charge in [-0.3, -0.25) is 9.48 Å². The number of hydrogen-bond acceptors (Lipinski definition) is 3. The predicted molar refractivity (Wildman–Crippen MR) is 132 cm³/mol. The van der Waals surface area contributed by atoms with E-state index in [1.165, 1.54) is 12.1 Å². The first-order valence-electron chi connectivity index (χ1n) is 11.5. The van der Waals surface area contributed by atoms with E-state index in [1.807, 2.05) is 44.4 Å². The molecule has 3 rings (SSSR count). The minimum absolute atomic E-state index is 0.207. The van der Waals surface area contributed by atoms with Crippen LogP contribution in [0.4, 0.5) is 13.2 Å². The van der Waals surface area contributed by atoms with Crippen LogP contribution in [0.25, 0.3) is 11.1 Å². The number of aryl methyl sites for hydroxylation is 1. The third-order valence-corrected chi connectivity index (χ3v) is 6.51. The fourth-order valence-corrected chi connectivity index (χ4v) is 4.09. The molecule has 2 N–H and O–H groups in total. The molecule has 35 heavy (non-hydrogen) atoms. The van der Waals surface area contributed by atoms with E-state index in [-0.39, 0.29) is 11.6 Å². The summed E-state index contributed by atoms with van der Waals surface area (Å²) < 4.78 is 41.7. The lowest BCUT2D eigenvalue weighted by Crippen LogP contribution is -2.43. The van der Waals surface area contributed by atoms with E-state index in [2.05, 4.69) is 29.6 Å². The van der Waals surface area contributed by atoms with Crippen LogP contribution < -0.4 is 10.6 Å². The summed E-state index contributed by atoms with van der Waals surface area (Å²) in [6.07, 6.45) is -0.0253. The van der Waals surface area contributed by atoms with Crippen LogP contribution in [0.5, 0.6) is 0 Å². The quantitative estimate of drug-likeness (QED) is 0.360. The number of halogens is 4. The van der Waals surface area contributed by atoms with Gasteiger partial charge < -0.3 is 10.6 Å². The molecule has 0 aliphatic rings. The molecular formula is C26H30ClF3N4O. The molecule has 3 atom stereocenters. The monoisotopic (exact) mass is 506 g/mol. The fraction of sp³-hybridized carbons (Fsp3) is 0.385. The Kier molecular flexibility index (Phi) is 8.61. The molecule has 9 heteroatoms. The third-order valence-electron chi connectivity index (χ3n) is 6.10. The zero-order valence-electron chi connectivity index (χ0n) is 20.2. The zero-order chi connectivity index (χ0) is 25.8. The molecule has 0 saturated carbocycles. The molecule has 188 valence electrons. The van der Waals surface area contributed by atoms with Gasteiger partial charge in [0.2, 0.25) is 0 Å². The molecule has 0 aliphatic heterocycles. The lowest BCUT2D eigenvalue weighted by atomic mass is 9.95. The average molecular weight is 507 g/mol. The smallest absolute Gasteiger partial charge is 0.344 e. The highest BCUT2D eigenvalue weighted by atomic mass is 35.5. The Hall–Kier alpha value is -2.84. The maximum atomic E-state index is 13.3. The molecular weight excluding hydrogens is 477 g/mol. The Morgan fingerprint density at radius 1 is 1.14 bits per heavy atom. The summed E-state index contributed by atoms with van der Waals surface area (Å²) in [6, 6.07) is 10.3. The van der Waals surface area contributed by atoms with E-state index in [4.69, 9.17) is 11.6 Å². The number of carbonyl (C=O) groups is 1. The Morgan fingerprint density at radius 3 is 2.49 bits per heavy atom. The molecule has 2 aromatic carbocycles. The van der Waals surface area contributed by atoms with E-state index < -0.39 is 28.7 Å². The van der Waals surface area contributed by atoms with Crippen molar-refractivity contribution >= 4 is 17.5 Å². The minimum atomic E-state index is -4.66. The number of nitrogens with one attached hydrogen (secondary N) is 2. The van der Waals surface area contributed by atoms with Crippen LogP contribution in [0.3, 0.4) is 0 Å². The highest BCUT2D eigenvalue weighted by Crippen LogP contribution is 2.36. The van der Waals surface area contributed by atoms with Crippen molar-refractivity contribution in [2.24, 2.45) is 13.0 Å². The van der Waals surface area contributed by atoms with Gasteiger partial charge in [-0.25, -0.2) is 0 Å². The van der Waals surface area contributed by atoms with Crippen molar-refractivity contribution in [3.63, 3.8) is 0 Å². The summed E-state index contributed by atoms with van der Waals surface area (Å²) in [4.78, 5) is 13.2. The maximum Gasteiger partial charge on any atom is 0.417 e. The molecule has 1 heterocycles. The van der Waals surface area contributed by atoms with Gasteiger partial charge in [0.05, 0.1) is 28.4 Å². The van der Waals surface area contributed by atoms with Crippen molar-refractivity contribution in [1.82, 2.24) is 20.4 Å². The van der Waals surface area contributed by atoms with Gasteiger partial charge in [0.15, 0.2) is 0 Å². The van der Waals surface area contributed by atoms with E-state index >= 15 is 0 Å². The molecule has 0 aliphatic carbocycles. The van der Waals surface area contributed by atoms with Gasteiger partial charge in [0.1, 0.15) is 0 Å². The first kappa shape index (κ1) is 26.8. The second-order valence-electron chi connectivity index (χ2n) is 8.85. The average Bonchev–Trinajstić information content (AvgIpc) is 3.26. The lowest BCUT2D eigenvalue weighted by Gasteiger charge is -2.28. The number of rotatable bonds is 9. The van der Waals surface area contributed by atoms with Crippen molar-refractivity contribution in [2.45, 2.75) is 45.5 Å². The van der Waals surface area contributed by atoms with Crippen molar-refractivity contribution < 1.29 is 18.0 Å². The van der Waals surface area contributed by atoms with Crippen LogP contribution in [0.1, 0.15) is 54.7 Å². The van der Waals surface area contributed by atoms with Crippen molar-refractivity contribution in [3.8, 4) is 11.1 Å². The minimum Gasteiger partial charge on any atom is -0.344 e. The second kappa shape index (κ2) is 11.3. The first-order chi connectivity index (χ1) is 16.5. The predicted octanol–water partition coefficient (Wildman–Crippen LogP) is 6.25. The van der Waals surface area contributed by atoms with Crippen LogP contribution >= 0.6 is 11.6 Å². The molecule has 5 nitrogen and oxygen atoms in total. The Labute approximate surface area is 208 Å². The van der Waals surface area contributed by atoms with Crippen molar-refractivity contribution in [2.75, 3.05) is 6.54 Å².